The molecule has 0 spiro atoms. The van der Waals surface area contributed by atoms with Crippen LogP contribution in [0.5, 0.6) is 0 Å². The van der Waals surface area contributed by atoms with Crippen molar-refractivity contribution in [3.05, 3.63) is 24.3 Å². The zero-order chi connectivity index (χ0) is 13.1. The predicted octanol–water partition coefficient (Wildman–Crippen LogP) is -0.0525. The maximum absolute atomic E-state index is 11.2. The van der Waals surface area contributed by atoms with Crippen molar-refractivity contribution >= 4 is 21.5 Å². The van der Waals surface area contributed by atoms with Crippen molar-refractivity contribution in [2.24, 2.45) is 0 Å². The smallest absolute Gasteiger partial charge is 0.328 e. The van der Waals surface area contributed by atoms with Crippen LogP contribution in [0.25, 0.3) is 0 Å². The first-order valence-corrected chi connectivity index (χ1v) is 6.64. The minimum Gasteiger partial charge on any atom is -0.480 e. The molecule has 0 aliphatic carbocycles. The molecule has 0 saturated heterocycles. The van der Waals surface area contributed by atoms with Crippen LogP contribution in [0.4, 0.5) is 5.69 Å². The number of sulfone groups is 1. The summed E-state index contributed by atoms with van der Waals surface area (Å²) in [5, 5.41) is 20.1. The molecule has 0 bridgehead atoms. The second-order valence-electron chi connectivity index (χ2n) is 3.51. The van der Waals surface area contributed by atoms with Crippen LogP contribution in [-0.4, -0.2) is 43.5 Å². The van der Waals surface area contributed by atoms with Gasteiger partial charge in [-0.1, -0.05) is 0 Å². The summed E-state index contributed by atoms with van der Waals surface area (Å²) in [6.07, 6.45) is 1.09. The molecule has 3 N–H and O–H groups in total. The highest BCUT2D eigenvalue weighted by atomic mass is 32.2. The molecule has 1 aromatic rings. The Kier molecular flexibility index (Phi) is 4.08. The Morgan fingerprint density at radius 3 is 2.24 bits per heavy atom. The average Bonchev–Trinajstić information content (AvgIpc) is 2.25. The van der Waals surface area contributed by atoms with Gasteiger partial charge < -0.3 is 15.5 Å². The SMILES string of the molecule is CS(=O)(=O)c1ccc(N[C@H](CO)C(=O)O)cc1. The van der Waals surface area contributed by atoms with Crippen LogP contribution >= 0.6 is 0 Å². The van der Waals surface area contributed by atoms with Gasteiger partial charge in [-0.05, 0) is 24.3 Å². The van der Waals surface area contributed by atoms with Gasteiger partial charge >= 0.3 is 5.97 Å². The van der Waals surface area contributed by atoms with Gasteiger partial charge in [-0.15, -0.1) is 0 Å². The topological polar surface area (TPSA) is 104 Å². The van der Waals surface area contributed by atoms with Gasteiger partial charge in [0.25, 0.3) is 0 Å². The highest BCUT2D eigenvalue weighted by Gasteiger charge is 2.15. The normalized spacial score (nSPS) is 13.1. The number of anilines is 1. The van der Waals surface area contributed by atoms with Gasteiger partial charge in [0.15, 0.2) is 9.84 Å². The molecule has 0 fully saturated rings. The number of hydrogen-bond donors (Lipinski definition) is 3. The second kappa shape index (κ2) is 5.15. The van der Waals surface area contributed by atoms with E-state index in [0.29, 0.717) is 5.69 Å². The molecule has 0 radical (unpaired) electrons. The summed E-state index contributed by atoms with van der Waals surface area (Å²) in [7, 11) is -3.26. The van der Waals surface area contributed by atoms with E-state index in [1.807, 2.05) is 0 Å². The van der Waals surface area contributed by atoms with Crippen LogP contribution in [0.3, 0.4) is 0 Å². The molecular weight excluding hydrogens is 246 g/mol. The minimum absolute atomic E-state index is 0.152. The van der Waals surface area contributed by atoms with E-state index >= 15 is 0 Å². The molecule has 7 heteroatoms. The van der Waals surface area contributed by atoms with Crippen LogP contribution in [-0.2, 0) is 14.6 Å². The number of nitrogens with one attached hydrogen (secondary N) is 1. The third-order valence-corrected chi connectivity index (χ3v) is 3.23. The van der Waals surface area contributed by atoms with E-state index in [0.717, 1.165) is 6.26 Å². The molecule has 1 rings (SSSR count). The lowest BCUT2D eigenvalue weighted by molar-refractivity contribution is -0.138. The minimum atomic E-state index is -3.26. The van der Waals surface area contributed by atoms with Crippen molar-refractivity contribution in [3.63, 3.8) is 0 Å². The number of carbonyl (C=O) groups is 1. The van der Waals surface area contributed by atoms with Gasteiger partial charge in [0.2, 0.25) is 0 Å². The number of carboxylic acid groups (broad SMARTS) is 1. The van der Waals surface area contributed by atoms with E-state index in [2.05, 4.69) is 5.32 Å². The van der Waals surface area contributed by atoms with Crippen molar-refractivity contribution < 1.29 is 23.4 Å². The highest BCUT2D eigenvalue weighted by molar-refractivity contribution is 7.90. The van der Waals surface area contributed by atoms with Crippen molar-refractivity contribution in [1.29, 1.82) is 0 Å². The lowest BCUT2D eigenvalue weighted by atomic mass is 10.2. The fourth-order valence-electron chi connectivity index (χ4n) is 1.19. The maximum Gasteiger partial charge on any atom is 0.328 e. The first-order chi connectivity index (χ1) is 7.84. The maximum atomic E-state index is 11.2. The van der Waals surface area contributed by atoms with Crippen LogP contribution < -0.4 is 5.32 Å². The molecule has 0 heterocycles. The standard InChI is InChI=1S/C10H13NO5S/c1-17(15,16)8-4-2-7(3-5-8)11-9(6-12)10(13)14/h2-5,9,11-12H,6H2,1H3,(H,13,14)/t9-/m1/s1. The van der Waals surface area contributed by atoms with Gasteiger partial charge in [0.1, 0.15) is 6.04 Å². The van der Waals surface area contributed by atoms with Crippen LogP contribution in [0.15, 0.2) is 29.2 Å². The zero-order valence-electron chi connectivity index (χ0n) is 9.12. The molecular formula is C10H13NO5S. The number of rotatable bonds is 5. The second-order valence-corrected chi connectivity index (χ2v) is 5.53. The number of aliphatic hydroxyl groups excluding tert-OH is 1. The molecule has 0 saturated carbocycles. The molecule has 17 heavy (non-hydrogen) atoms. The summed E-state index contributed by atoms with van der Waals surface area (Å²) >= 11 is 0. The fraction of sp³-hybridized carbons (Fsp3) is 0.300. The lowest BCUT2D eigenvalue weighted by Gasteiger charge is -2.13. The molecule has 0 aromatic heterocycles. The Morgan fingerprint density at radius 2 is 1.88 bits per heavy atom. The summed E-state index contributed by atoms with van der Waals surface area (Å²) in [6.45, 7) is -0.552. The molecule has 0 amide bonds. The Bertz CT molecular complexity index is 494. The summed E-state index contributed by atoms with van der Waals surface area (Å²) in [4.78, 5) is 10.8. The molecule has 94 valence electrons. The third kappa shape index (κ3) is 3.72. The van der Waals surface area contributed by atoms with E-state index in [4.69, 9.17) is 10.2 Å². The van der Waals surface area contributed by atoms with Crippen molar-refractivity contribution in [3.8, 4) is 0 Å². The number of benzene rings is 1. The van der Waals surface area contributed by atoms with Crippen molar-refractivity contribution in [2.75, 3.05) is 18.2 Å². The summed E-state index contributed by atoms with van der Waals surface area (Å²) in [5.74, 6) is -1.18. The first kappa shape index (κ1) is 13.5. The van der Waals surface area contributed by atoms with E-state index in [1.54, 1.807) is 0 Å². The van der Waals surface area contributed by atoms with Crippen LogP contribution in [0, 0.1) is 0 Å². The summed E-state index contributed by atoms with van der Waals surface area (Å²) in [6, 6.07) is 4.52. The van der Waals surface area contributed by atoms with Crippen LogP contribution in [0.2, 0.25) is 0 Å². The van der Waals surface area contributed by atoms with Gasteiger partial charge in [0.05, 0.1) is 11.5 Å². The number of hydrogen-bond acceptors (Lipinski definition) is 5. The number of aliphatic hydroxyl groups is 1. The molecule has 1 atom stereocenters. The quantitative estimate of drug-likeness (QED) is 0.685. The van der Waals surface area contributed by atoms with E-state index in [1.165, 1.54) is 24.3 Å². The Labute approximate surface area is 98.8 Å². The first-order valence-electron chi connectivity index (χ1n) is 4.75. The van der Waals surface area contributed by atoms with E-state index in [-0.39, 0.29) is 4.90 Å². The fourth-order valence-corrected chi connectivity index (χ4v) is 1.82. The largest absolute Gasteiger partial charge is 0.480 e. The molecule has 0 aliphatic rings. The zero-order valence-corrected chi connectivity index (χ0v) is 9.94. The van der Waals surface area contributed by atoms with E-state index in [9.17, 15) is 13.2 Å². The molecule has 6 nitrogen and oxygen atoms in total. The predicted molar refractivity (Wildman–Crippen MR) is 61.7 cm³/mol. The molecule has 0 unspecified atom stereocenters. The number of carboxylic acids is 1. The Balaban J connectivity index is 2.85. The van der Waals surface area contributed by atoms with Gasteiger partial charge in [-0.3, -0.25) is 0 Å². The summed E-state index contributed by atoms with van der Waals surface area (Å²) in [5.41, 5.74) is 0.429. The Hall–Kier alpha value is -1.60. The average molecular weight is 259 g/mol. The van der Waals surface area contributed by atoms with Crippen molar-refractivity contribution in [1.82, 2.24) is 0 Å². The molecule has 0 aliphatic heterocycles. The van der Waals surface area contributed by atoms with Gasteiger partial charge in [-0.25, -0.2) is 13.2 Å². The third-order valence-electron chi connectivity index (χ3n) is 2.10. The highest BCUT2D eigenvalue weighted by Crippen LogP contribution is 2.14. The van der Waals surface area contributed by atoms with E-state index < -0.39 is 28.5 Å². The lowest BCUT2D eigenvalue weighted by Crippen LogP contribution is -2.32. The number of aliphatic carboxylic acids is 1. The Morgan fingerprint density at radius 1 is 1.35 bits per heavy atom. The van der Waals surface area contributed by atoms with Gasteiger partial charge in [0, 0.05) is 11.9 Å². The summed E-state index contributed by atoms with van der Waals surface area (Å²) < 4.78 is 22.4. The monoisotopic (exact) mass is 259 g/mol. The van der Waals surface area contributed by atoms with Gasteiger partial charge in [-0.2, -0.15) is 0 Å². The van der Waals surface area contributed by atoms with Crippen molar-refractivity contribution in [2.45, 2.75) is 10.9 Å². The van der Waals surface area contributed by atoms with Crippen LogP contribution in [0.1, 0.15) is 0 Å². The molecule has 1 aromatic carbocycles.